The Balaban J connectivity index is 4.85. The number of carbonyl (C=O) groups is 5. The number of carbonyl (C=O) groups excluding carboxylic acids is 4. The maximum absolute atomic E-state index is 12.6. The van der Waals surface area contributed by atoms with Crippen molar-refractivity contribution in [3.8, 4) is 0 Å². The fourth-order valence-electron chi connectivity index (χ4n) is 2.54. The van der Waals surface area contributed by atoms with Crippen LogP contribution < -0.4 is 38.9 Å². The predicted octanol–water partition coefficient (Wildman–Crippen LogP) is -3.54. The summed E-state index contributed by atoms with van der Waals surface area (Å²) >= 11 is 0. The smallest absolute Gasteiger partial charge is 0.326 e. The molecular weight excluding hydrogens is 424 g/mol. The van der Waals surface area contributed by atoms with Crippen molar-refractivity contribution < 1.29 is 29.1 Å². The van der Waals surface area contributed by atoms with Crippen molar-refractivity contribution in [2.75, 3.05) is 13.1 Å². The molecule has 32 heavy (non-hydrogen) atoms. The van der Waals surface area contributed by atoms with Crippen LogP contribution in [0, 0.1) is 5.92 Å². The van der Waals surface area contributed by atoms with E-state index in [-0.39, 0.29) is 18.3 Å². The Morgan fingerprint density at radius 2 is 1.66 bits per heavy atom. The molecule has 0 aliphatic heterocycles. The second kappa shape index (κ2) is 14.6. The van der Waals surface area contributed by atoms with Gasteiger partial charge in [0.1, 0.15) is 12.1 Å². The molecule has 0 radical (unpaired) electrons. The fraction of sp³-hybridized carbons (Fsp3) is 0.667. The van der Waals surface area contributed by atoms with Crippen LogP contribution in [-0.2, 0) is 24.0 Å². The first-order valence-electron chi connectivity index (χ1n) is 10.1. The lowest BCUT2D eigenvalue weighted by Crippen LogP contribution is -2.55. The summed E-state index contributed by atoms with van der Waals surface area (Å²) in [6, 6.07) is -3.37. The van der Waals surface area contributed by atoms with E-state index in [1.54, 1.807) is 6.92 Å². The molecule has 0 fully saturated rings. The largest absolute Gasteiger partial charge is 0.480 e. The number of hydrogen-bond donors (Lipinski definition) is 8. The van der Waals surface area contributed by atoms with Crippen LogP contribution in [0.1, 0.15) is 39.5 Å². The summed E-state index contributed by atoms with van der Waals surface area (Å²) in [7, 11) is 0. The third kappa shape index (κ3) is 11.7. The van der Waals surface area contributed by atoms with Gasteiger partial charge in [0, 0.05) is 6.54 Å². The molecule has 4 amide bonds. The molecule has 0 aliphatic carbocycles. The van der Waals surface area contributed by atoms with Crippen molar-refractivity contribution in [3.63, 3.8) is 0 Å². The topological polar surface area (TPSA) is 258 Å². The lowest BCUT2D eigenvalue weighted by atomic mass is 9.97. The minimum Gasteiger partial charge on any atom is -0.480 e. The number of rotatable bonds is 15. The maximum Gasteiger partial charge on any atom is 0.326 e. The summed E-state index contributed by atoms with van der Waals surface area (Å²) < 4.78 is 0. The van der Waals surface area contributed by atoms with Crippen LogP contribution in [0.25, 0.3) is 0 Å². The quantitative estimate of drug-likeness (QED) is 0.0685. The molecule has 0 saturated carbocycles. The molecule has 0 aromatic rings. The highest BCUT2D eigenvalue weighted by Crippen LogP contribution is 2.09. The van der Waals surface area contributed by atoms with E-state index in [0.717, 1.165) is 0 Å². The zero-order valence-electron chi connectivity index (χ0n) is 18.3. The van der Waals surface area contributed by atoms with Crippen molar-refractivity contribution >= 4 is 35.6 Å². The van der Waals surface area contributed by atoms with Crippen LogP contribution in [0.4, 0.5) is 0 Å². The number of nitrogens with one attached hydrogen (secondary N) is 3. The number of nitrogens with zero attached hydrogens (tertiary/aromatic N) is 1. The van der Waals surface area contributed by atoms with Gasteiger partial charge in [-0.3, -0.25) is 24.2 Å². The van der Waals surface area contributed by atoms with Crippen molar-refractivity contribution in [2.45, 2.75) is 57.7 Å². The van der Waals surface area contributed by atoms with E-state index in [1.165, 1.54) is 0 Å². The number of primary amides is 1. The average molecular weight is 459 g/mol. The normalized spacial score (nSPS) is 14.2. The summed E-state index contributed by atoms with van der Waals surface area (Å²) in [5.41, 5.74) is 21.3. The zero-order valence-corrected chi connectivity index (χ0v) is 18.3. The molecule has 4 unspecified atom stereocenters. The lowest BCUT2D eigenvalue weighted by molar-refractivity contribution is -0.143. The van der Waals surface area contributed by atoms with Crippen LogP contribution >= 0.6 is 0 Å². The van der Waals surface area contributed by atoms with Crippen LogP contribution in [0.3, 0.4) is 0 Å². The van der Waals surface area contributed by atoms with Crippen molar-refractivity contribution in [1.29, 1.82) is 0 Å². The number of carboxylic acid groups (broad SMARTS) is 1. The lowest BCUT2D eigenvalue weighted by Gasteiger charge is -2.25. The van der Waals surface area contributed by atoms with Gasteiger partial charge in [-0.2, -0.15) is 0 Å². The third-order valence-electron chi connectivity index (χ3n) is 4.56. The molecule has 0 aliphatic rings. The third-order valence-corrected chi connectivity index (χ3v) is 4.56. The molecule has 0 spiro atoms. The second-order valence-electron chi connectivity index (χ2n) is 7.27. The van der Waals surface area contributed by atoms with E-state index in [0.29, 0.717) is 19.4 Å². The molecule has 4 atom stereocenters. The molecule has 14 nitrogen and oxygen atoms in total. The summed E-state index contributed by atoms with van der Waals surface area (Å²) in [5, 5.41) is 16.0. The van der Waals surface area contributed by atoms with E-state index in [2.05, 4.69) is 20.9 Å². The van der Waals surface area contributed by atoms with Crippen LogP contribution in [-0.4, -0.2) is 71.9 Å². The number of aliphatic imine (C=N–C) groups is 1. The first-order chi connectivity index (χ1) is 14.9. The van der Waals surface area contributed by atoms with Crippen molar-refractivity contribution in [1.82, 2.24) is 16.0 Å². The molecule has 0 bridgehead atoms. The molecule has 12 N–H and O–H groups in total. The Bertz CT molecular complexity index is 710. The number of carboxylic acids is 1. The summed E-state index contributed by atoms with van der Waals surface area (Å²) in [4.78, 5) is 62.7. The van der Waals surface area contributed by atoms with Gasteiger partial charge in [-0.1, -0.05) is 20.3 Å². The minimum absolute atomic E-state index is 0.0649. The van der Waals surface area contributed by atoms with Gasteiger partial charge in [0.15, 0.2) is 5.96 Å². The van der Waals surface area contributed by atoms with Gasteiger partial charge >= 0.3 is 5.97 Å². The molecule has 14 heteroatoms. The Morgan fingerprint density at radius 3 is 2.16 bits per heavy atom. The zero-order chi connectivity index (χ0) is 24.8. The number of aliphatic carboxylic acids is 1. The standard InChI is InChI=1S/C18H34N8O6/c1-3-9(2)14(26-15(29)10(19)5-4-6-23-18(21)22)16(30)24-8-13(28)25-11(17(31)32)7-12(20)27/h9-11,14H,3-8,19H2,1-2H3,(H2,20,27)(H,24,30)(H,25,28)(H,26,29)(H,31,32)(H4,21,22,23). The SMILES string of the molecule is CCC(C)C(NC(=O)C(N)CCCN=C(N)N)C(=O)NCC(=O)NC(CC(N)=O)C(=O)O. The van der Waals surface area contributed by atoms with Crippen LogP contribution in [0.2, 0.25) is 0 Å². The summed E-state index contributed by atoms with van der Waals surface area (Å²) in [5.74, 6) is -4.72. The Hall–Kier alpha value is -3.42. The van der Waals surface area contributed by atoms with Gasteiger partial charge in [0.25, 0.3) is 0 Å². The van der Waals surface area contributed by atoms with Gasteiger partial charge in [0.05, 0.1) is 19.0 Å². The van der Waals surface area contributed by atoms with Crippen molar-refractivity contribution in [2.24, 2.45) is 33.8 Å². The van der Waals surface area contributed by atoms with Gasteiger partial charge in [-0.05, 0) is 18.8 Å². The van der Waals surface area contributed by atoms with Crippen LogP contribution in [0.5, 0.6) is 0 Å². The van der Waals surface area contributed by atoms with E-state index in [4.69, 9.17) is 28.0 Å². The minimum atomic E-state index is -1.51. The highest BCUT2D eigenvalue weighted by atomic mass is 16.4. The highest BCUT2D eigenvalue weighted by molar-refractivity contribution is 5.93. The Kier molecular flexibility index (Phi) is 13.0. The molecule has 0 saturated heterocycles. The summed E-state index contributed by atoms with van der Waals surface area (Å²) in [6.07, 6.45) is 0.699. The van der Waals surface area contributed by atoms with E-state index in [9.17, 15) is 24.0 Å². The molecular formula is C18H34N8O6. The van der Waals surface area contributed by atoms with Crippen LogP contribution in [0.15, 0.2) is 4.99 Å². The van der Waals surface area contributed by atoms with Gasteiger partial charge in [-0.25, -0.2) is 4.79 Å². The van der Waals surface area contributed by atoms with Gasteiger partial charge < -0.3 is 44.0 Å². The van der Waals surface area contributed by atoms with Crippen molar-refractivity contribution in [3.05, 3.63) is 0 Å². The summed E-state index contributed by atoms with van der Waals surface area (Å²) in [6.45, 7) is 3.30. The number of amides is 4. The molecule has 0 aromatic heterocycles. The Morgan fingerprint density at radius 1 is 1.03 bits per heavy atom. The molecule has 0 aromatic carbocycles. The maximum atomic E-state index is 12.6. The number of nitrogens with two attached hydrogens (primary N) is 4. The fourth-order valence-corrected chi connectivity index (χ4v) is 2.54. The first kappa shape index (κ1) is 28.6. The first-order valence-corrected chi connectivity index (χ1v) is 10.1. The van der Waals surface area contributed by atoms with E-state index in [1.807, 2.05) is 6.92 Å². The second-order valence-corrected chi connectivity index (χ2v) is 7.27. The van der Waals surface area contributed by atoms with E-state index < -0.39 is 60.7 Å². The number of guanidine groups is 1. The van der Waals surface area contributed by atoms with Gasteiger partial charge in [-0.15, -0.1) is 0 Å². The predicted molar refractivity (Wildman–Crippen MR) is 116 cm³/mol. The monoisotopic (exact) mass is 458 g/mol. The van der Waals surface area contributed by atoms with Gasteiger partial charge in [0.2, 0.25) is 23.6 Å². The Labute approximate surface area is 185 Å². The highest BCUT2D eigenvalue weighted by Gasteiger charge is 2.28. The van der Waals surface area contributed by atoms with E-state index >= 15 is 0 Å². The molecule has 0 rings (SSSR count). The molecule has 0 heterocycles. The number of hydrogen-bond acceptors (Lipinski definition) is 7. The average Bonchev–Trinajstić information content (AvgIpc) is 2.71. The molecule has 182 valence electrons.